The van der Waals surface area contributed by atoms with E-state index in [4.69, 9.17) is 4.74 Å². The van der Waals surface area contributed by atoms with E-state index >= 15 is 0 Å². The van der Waals surface area contributed by atoms with E-state index in [1.807, 2.05) is 19.2 Å². The van der Waals surface area contributed by atoms with Crippen LogP contribution in [0.25, 0.3) is 5.65 Å². The van der Waals surface area contributed by atoms with E-state index in [1.54, 1.807) is 28.5 Å². The number of carbonyl (C=O) groups excluding carboxylic acids is 1. The highest BCUT2D eigenvalue weighted by Crippen LogP contribution is 2.09. The maximum atomic E-state index is 11.5. The smallest absolute Gasteiger partial charge is 0.360 e. The van der Waals surface area contributed by atoms with E-state index in [-0.39, 0.29) is 5.69 Å². The first kappa shape index (κ1) is 13.2. The molecule has 0 saturated heterocycles. The summed E-state index contributed by atoms with van der Waals surface area (Å²) in [6.07, 6.45) is 5.10. The molecule has 3 aromatic heterocycles. The molecule has 0 bridgehead atoms. The fourth-order valence-electron chi connectivity index (χ4n) is 1.98. The topological polar surface area (TPSA) is 87.2 Å². The van der Waals surface area contributed by atoms with E-state index in [1.165, 1.54) is 0 Å². The average molecular weight is 286 g/mol. The normalized spacial score (nSPS) is 11.0. The Balaban J connectivity index is 1.82. The molecule has 3 aromatic rings. The van der Waals surface area contributed by atoms with Crippen LogP contribution in [0.15, 0.2) is 24.7 Å². The average Bonchev–Trinajstić information content (AvgIpc) is 3.07. The fraction of sp³-hybridized carbons (Fsp3) is 0.308. The Morgan fingerprint density at radius 1 is 1.38 bits per heavy atom. The van der Waals surface area contributed by atoms with Gasteiger partial charge in [-0.15, -0.1) is 5.10 Å². The van der Waals surface area contributed by atoms with E-state index < -0.39 is 5.97 Å². The Labute approximate surface area is 120 Å². The number of carbonyl (C=O) groups is 1. The van der Waals surface area contributed by atoms with Crippen molar-refractivity contribution in [3.8, 4) is 0 Å². The standard InChI is InChI=1S/C13H14N6O2/c1-3-21-13(20)11-8-18(17-16-11)6-10-7-19-12(15-10)9(2)4-5-14-19/h4-5,7-8H,3,6H2,1-2H3. The van der Waals surface area contributed by atoms with Crippen molar-refractivity contribution < 1.29 is 9.53 Å². The third-order valence-electron chi connectivity index (χ3n) is 2.95. The molecule has 0 spiro atoms. The van der Waals surface area contributed by atoms with Gasteiger partial charge in [-0.2, -0.15) is 5.10 Å². The second kappa shape index (κ2) is 5.31. The lowest BCUT2D eigenvalue weighted by Crippen LogP contribution is -2.05. The minimum absolute atomic E-state index is 0.190. The molecular formula is C13H14N6O2. The van der Waals surface area contributed by atoms with Crippen LogP contribution in [-0.2, 0) is 11.3 Å². The van der Waals surface area contributed by atoms with Crippen LogP contribution in [0.3, 0.4) is 0 Å². The van der Waals surface area contributed by atoms with Crippen molar-refractivity contribution in [1.29, 1.82) is 0 Å². The zero-order valence-electron chi connectivity index (χ0n) is 11.7. The zero-order valence-corrected chi connectivity index (χ0v) is 11.7. The van der Waals surface area contributed by atoms with Gasteiger partial charge in [0, 0.05) is 6.20 Å². The Morgan fingerprint density at radius 3 is 3.00 bits per heavy atom. The lowest BCUT2D eigenvalue weighted by Gasteiger charge is -1.96. The molecule has 21 heavy (non-hydrogen) atoms. The second-order valence-electron chi connectivity index (χ2n) is 4.54. The van der Waals surface area contributed by atoms with Crippen molar-refractivity contribution in [1.82, 2.24) is 29.6 Å². The number of aromatic nitrogens is 6. The summed E-state index contributed by atoms with van der Waals surface area (Å²) in [5.41, 5.74) is 2.83. The van der Waals surface area contributed by atoms with Crippen LogP contribution in [0, 0.1) is 6.92 Å². The number of nitrogens with zero attached hydrogens (tertiary/aromatic N) is 6. The maximum Gasteiger partial charge on any atom is 0.360 e. The molecule has 0 aliphatic heterocycles. The van der Waals surface area contributed by atoms with E-state index in [0.717, 1.165) is 16.9 Å². The predicted octanol–water partition coefficient (Wildman–Crippen LogP) is 0.854. The van der Waals surface area contributed by atoms with Gasteiger partial charge in [-0.05, 0) is 25.5 Å². The van der Waals surface area contributed by atoms with Gasteiger partial charge in [0.15, 0.2) is 11.3 Å². The number of hydrogen-bond acceptors (Lipinski definition) is 6. The van der Waals surface area contributed by atoms with Crippen molar-refractivity contribution in [2.45, 2.75) is 20.4 Å². The molecular weight excluding hydrogens is 272 g/mol. The molecule has 0 radical (unpaired) electrons. The highest BCUT2D eigenvalue weighted by atomic mass is 16.5. The summed E-state index contributed by atoms with van der Waals surface area (Å²) in [5, 5.41) is 11.9. The van der Waals surface area contributed by atoms with Gasteiger partial charge in [0.2, 0.25) is 0 Å². The first-order valence-electron chi connectivity index (χ1n) is 6.54. The van der Waals surface area contributed by atoms with Crippen LogP contribution in [0.1, 0.15) is 28.7 Å². The lowest BCUT2D eigenvalue weighted by molar-refractivity contribution is 0.0519. The van der Waals surface area contributed by atoms with E-state index in [2.05, 4.69) is 20.4 Å². The molecule has 0 saturated carbocycles. The van der Waals surface area contributed by atoms with Crippen LogP contribution in [-0.4, -0.2) is 42.2 Å². The maximum absolute atomic E-state index is 11.5. The van der Waals surface area contributed by atoms with Crippen LogP contribution in [0.2, 0.25) is 0 Å². The molecule has 0 aliphatic carbocycles. The van der Waals surface area contributed by atoms with Crippen LogP contribution >= 0.6 is 0 Å². The molecule has 0 unspecified atom stereocenters. The van der Waals surface area contributed by atoms with Gasteiger partial charge < -0.3 is 4.74 Å². The molecule has 0 fully saturated rings. The molecule has 3 heterocycles. The van der Waals surface area contributed by atoms with Gasteiger partial charge in [0.1, 0.15) is 0 Å². The first-order valence-corrected chi connectivity index (χ1v) is 6.54. The highest BCUT2D eigenvalue weighted by molar-refractivity contribution is 5.86. The van der Waals surface area contributed by atoms with Crippen LogP contribution in [0.5, 0.6) is 0 Å². The number of ether oxygens (including phenoxy) is 1. The third kappa shape index (κ3) is 2.60. The summed E-state index contributed by atoms with van der Waals surface area (Å²) in [7, 11) is 0. The number of fused-ring (bicyclic) bond motifs is 1. The Hall–Kier alpha value is -2.77. The van der Waals surface area contributed by atoms with Gasteiger partial charge in [-0.3, -0.25) is 0 Å². The molecule has 0 aromatic carbocycles. The van der Waals surface area contributed by atoms with Crippen molar-refractivity contribution in [2.75, 3.05) is 6.61 Å². The summed E-state index contributed by atoms with van der Waals surface area (Å²) < 4.78 is 8.13. The summed E-state index contributed by atoms with van der Waals surface area (Å²) in [6, 6.07) is 1.90. The minimum Gasteiger partial charge on any atom is -0.461 e. The summed E-state index contributed by atoms with van der Waals surface area (Å²) >= 11 is 0. The predicted molar refractivity (Wildman–Crippen MR) is 72.8 cm³/mol. The van der Waals surface area contributed by atoms with Crippen molar-refractivity contribution in [3.05, 3.63) is 41.6 Å². The molecule has 0 N–H and O–H groups in total. The minimum atomic E-state index is -0.476. The highest BCUT2D eigenvalue weighted by Gasteiger charge is 2.12. The third-order valence-corrected chi connectivity index (χ3v) is 2.95. The van der Waals surface area contributed by atoms with Crippen LogP contribution in [0.4, 0.5) is 0 Å². The Kier molecular flexibility index (Phi) is 3.35. The number of imidazole rings is 1. The van der Waals surface area contributed by atoms with Gasteiger partial charge in [-0.25, -0.2) is 19.0 Å². The Bertz CT molecular complexity index is 791. The van der Waals surface area contributed by atoms with E-state index in [0.29, 0.717) is 13.2 Å². The molecule has 108 valence electrons. The van der Waals surface area contributed by atoms with Gasteiger partial charge in [0.25, 0.3) is 0 Å². The van der Waals surface area contributed by atoms with Gasteiger partial charge >= 0.3 is 5.97 Å². The van der Waals surface area contributed by atoms with Crippen molar-refractivity contribution >= 4 is 11.6 Å². The number of aryl methyl sites for hydroxylation is 1. The lowest BCUT2D eigenvalue weighted by atomic mass is 10.3. The van der Waals surface area contributed by atoms with E-state index in [9.17, 15) is 4.79 Å². The quantitative estimate of drug-likeness (QED) is 0.661. The molecule has 8 nitrogen and oxygen atoms in total. The summed E-state index contributed by atoms with van der Waals surface area (Å²) in [5.74, 6) is -0.476. The fourth-order valence-corrected chi connectivity index (χ4v) is 1.98. The van der Waals surface area contributed by atoms with Crippen LogP contribution < -0.4 is 0 Å². The molecule has 0 amide bonds. The number of esters is 1. The molecule has 3 rings (SSSR count). The largest absolute Gasteiger partial charge is 0.461 e. The summed E-state index contributed by atoms with van der Waals surface area (Å²) in [4.78, 5) is 16.0. The van der Waals surface area contributed by atoms with Crippen molar-refractivity contribution in [2.24, 2.45) is 0 Å². The van der Waals surface area contributed by atoms with Gasteiger partial charge in [0.05, 0.1) is 31.2 Å². The Morgan fingerprint density at radius 2 is 2.24 bits per heavy atom. The SMILES string of the molecule is CCOC(=O)c1cn(Cc2cn3nccc(C)c3n2)nn1. The van der Waals surface area contributed by atoms with Crippen molar-refractivity contribution in [3.63, 3.8) is 0 Å². The number of hydrogen-bond donors (Lipinski definition) is 0. The van der Waals surface area contributed by atoms with Gasteiger partial charge in [-0.1, -0.05) is 5.21 Å². The summed E-state index contributed by atoms with van der Waals surface area (Å²) in [6.45, 7) is 4.44. The molecule has 0 atom stereocenters. The first-order chi connectivity index (χ1) is 10.2. The second-order valence-corrected chi connectivity index (χ2v) is 4.54. The monoisotopic (exact) mass is 286 g/mol. The zero-order chi connectivity index (χ0) is 14.8. The molecule has 0 aliphatic rings. The molecule has 8 heteroatoms. The number of rotatable bonds is 4.